The van der Waals surface area contributed by atoms with Gasteiger partial charge in [-0.15, -0.1) is 0 Å². The molecular weight excluding hydrogens is 274 g/mol. The van der Waals surface area contributed by atoms with Crippen molar-refractivity contribution in [1.29, 1.82) is 0 Å². The van der Waals surface area contributed by atoms with Crippen molar-refractivity contribution in [2.75, 3.05) is 5.32 Å². The number of hydrogen-bond donors (Lipinski definition) is 2. The van der Waals surface area contributed by atoms with Crippen molar-refractivity contribution < 1.29 is 9.72 Å². The molecule has 0 bridgehead atoms. The van der Waals surface area contributed by atoms with Crippen molar-refractivity contribution in [1.82, 2.24) is 9.78 Å². The van der Waals surface area contributed by atoms with Gasteiger partial charge in [-0.1, -0.05) is 0 Å². The number of nitro groups is 1. The summed E-state index contributed by atoms with van der Waals surface area (Å²) in [6, 6.07) is 4.06. The van der Waals surface area contributed by atoms with Gasteiger partial charge in [0.2, 0.25) is 5.91 Å². The smallest absolute Gasteiger partial charge is 0.293 e. The Kier molecular flexibility index (Phi) is 3.62. The number of nitro benzene ring substituents is 1. The number of aryl methyl sites for hydroxylation is 2. The lowest BCUT2D eigenvalue weighted by Gasteiger charge is -2.08. The van der Waals surface area contributed by atoms with E-state index in [1.807, 2.05) is 6.92 Å². The van der Waals surface area contributed by atoms with E-state index in [1.165, 1.54) is 12.1 Å². The second-order valence-corrected chi connectivity index (χ2v) is 4.65. The van der Waals surface area contributed by atoms with Gasteiger partial charge >= 0.3 is 0 Å². The summed E-state index contributed by atoms with van der Waals surface area (Å²) in [4.78, 5) is 21.7. The van der Waals surface area contributed by atoms with Crippen LogP contribution in [0.3, 0.4) is 0 Å². The maximum atomic E-state index is 11.2. The van der Waals surface area contributed by atoms with Crippen molar-refractivity contribution >= 4 is 23.0 Å². The van der Waals surface area contributed by atoms with E-state index in [-0.39, 0.29) is 16.9 Å². The lowest BCUT2D eigenvalue weighted by atomic mass is 10.1. The van der Waals surface area contributed by atoms with Crippen LogP contribution in [-0.2, 0) is 7.05 Å². The van der Waals surface area contributed by atoms with Gasteiger partial charge in [0.05, 0.1) is 22.0 Å². The van der Waals surface area contributed by atoms with Crippen molar-refractivity contribution in [2.45, 2.75) is 13.8 Å². The molecule has 8 nitrogen and oxygen atoms in total. The van der Waals surface area contributed by atoms with Crippen LogP contribution in [0, 0.1) is 24.0 Å². The molecule has 0 spiro atoms. The van der Waals surface area contributed by atoms with Gasteiger partial charge in [0.1, 0.15) is 5.69 Å². The Hall–Kier alpha value is -2.90. The number of carbonyl (C=O) groups excluding carboxylic acids is 1. The van der Waals surface area contributed by atoms with Crippen LogP contribution in [0.4, 0.5) is 17.1 Å². The molecule has 0 atom stereocenters. The van der Waals surface area contributed by atoms with Gasteiger partial charge in [-0.05, 0) is 26.0 Å². The monoisotopic (exact) mass is 289 g/mol. The highest BCUT2D eigenvalue weighted by Gasteiger charge is 2.19. The first-order valence-corrected chi connectivity index (χ1v) is 6.16. The van der Waals surface area contributed by atoms with E-state index in [0.29, 0.717) is 5.69 Å². The first kappa shape index (κ1) is 14.5. The molecule has 1 amide bonds. The van der Waals surface area contributed by atoms with E-state index in [9.17, 15) is 14.9 Å². The minimum atomic E-state index is -0.710. The zero-order valence-electron chi connectivity index (χ0n) is 11.9. The number of nitrogens with two attached hydrogens (primary N) is 1. The molecular formula is C13H15N5O3. The summed E-state index contributed by atoms with van der Waals surface area (Å²) in [6.07, 6.45) is 0. The number of benzene rings is 1. The predicted octanol–water partition coefficient (Wildman–Crippen LogP) is 1.79. The van der Waals surface area contributed by atoms with Crippen LogP contribution in [0.5, 0.6) is 0 Å². The fraction of sp³-hybridized carbons (Fsp3) is 0.231. The summed E-state index contributed by atoms with van der Waals surface area (Å²) in [5.41, 5.74) is 7.57. The molecule has 1 aromatic heterocycles. The number of hydrogen-bond acceptors (Lipinski definition) is 5. The van der Waals surface area contributed by atoms with Crippen molar-refractivity contribution in [3.8, 4) is 0 Å². The molecule has 2 aromatic rings. The normalized spacial score (nSPS) is 10.4. The molecule has 21 heavy (non-hydrogen) atoms. The summed E-state index contributed by atoms with van der Waals surface area (Å²) in [5.74, 6) is -0.710. The predicted molar refractivity (Wildman–Crippen MR) is 77.6 cm³/mol. The van der Waals surface area contributed by atoms with Gasteiger partial charge in [0.25, 0.3) is 5.69 Å². The molecule has 0 aliphatic rings. The number of primary amides is 1. The van der Waals surface area contributed by atoms with Gasteiger partial charge in [-0.3, -0.25) is 19.6 Å². The molecule has 1 heterocycles. The standard InChI is InChI=1S/C13H15N5O3/c1-7-12(8(2)17(3)16-7)15-10-5-4-9(13(14)19)6-11(10)18(20)21/h4-6,15H,1-3H3,(H2,14,19). The average Bonchev–Trinajstić information content (AvgIpc) is 2.65. The van der Waals surface area contributed by atoms with Crippen molar-refractivity contribution in [2.24, 2.45) is 12.8 Å². The fourth-order valence-electron chi connectivity index (χ4n) is 2.03. The summed E-state index contributed by atoms with van der Waals surface area (Å²) < 4.78 is 1.68. The van der Waals surface area contributed by atoms with Crippen LogP contribution >= 0.6 is 0 Å². The molecule has 0 unspecified atom stereocenters. The fourth-order valence-corrected chi connectivity index (χ4v) is 2.03. The summed E-state index contributed by atoms with van der Waals surface area (Å²) in [6.45, 7) is 3.66. The molecule has 0 saturated heterocycles. The molecule has 2 rings (SSSR count). The summed E-state index contributed by atoms with van der Waals surface area (Å²) in [5, 5.41) is 18.4. The van der Waals surface area contributed by atoms with E-state index in [2.05, 4.69) is 10.4 Å². The third-order valence-corrected chi connectivity index (χ3v) is 3.25. The molecule has 0 fully saturated rings. The third kappa shape index (κ3) is 2.69. The quantitative estimate of drug-likeness (QED) is 0.657. The number of rotatable bonds is 4. The first-order valence-electron chi connectivity index (χ1n) is 6.16. The Morgan fingerprint density at radius 2 is 2.10 bits per heavy atom. The van der Waals surface area contributed by atoms with E-state index in [4.69, 9.17) is 5.73 Å². The second-order valence-electron chi connectivity index (χ2n) is 4.65. The third-order valence-electron chi connectivity index (χ3n) is 3.25. The first-order chi connectivity index (χ1) is 9.81. The molecule has 3 N–H and O–H groups in total. The second kappa shape index (κ2) is 5.23. The lowest BCUT2D eigenvalue weighted by Crippen LogP contribution is -2.11. The topological polar surface area (TPSA) is 116 Å². The van der Waals surface area contributed by atoms with Gasteiger partial charge in [0.15, 0.2) is 0 Å². The Morgan fingerprint density at radius 1 is 1.43 bits per heavy atom. The maximum absolute atomic E-state index is 11.2. The van der Waals surface area contributed by atoms with Gasteiger partial charge < -0.3 is 11.1 Å². The number of aromatic nitrogens is 2. The Morgan fingerprint density at radius 3 is 2.57 bits per heavy atom. The minimum Gasteiger partial charge on any atom is -0.366 e. The number of nitrogens with one attached hydrogen (secondary N) is 1. The molecule has 0 aliphatic carbocycles. The SMILES string of the molecule is Cc1nn(C)c(C)c1Nc1ccc(C(N)=O)cc1[N+](=O)[O-]. The average molecular weight is 289 g/mol. The van der Waals surface area contributed by atoms with Crippen molar-refractivity contribution in [3.05, 3.63) is 45.3 Å². The van der Waals surface area contributed by atoms with E-state index in [0.717, 1.165) is 17.5 Å². The molecule has 8 heteroatoms. The zero-order valence-corrected chi connectivity index (χ0v) is 11.9. The zero-order chi connectivity index (χ0) is 15.7. The highest BCUT2D eigenvalue weighted by Crippen LogP contribution is 2.31. The van der Waals surface area contributed by atoms with E-state index in [1.54, 1.807) is 18.7 Å². The van der Waals surface area contributed by atoms with E-state index >= 15 is 0 Å². The Labute approximate surface area is 120 Å². The Bertz CT molecular complexity index is 736. The van der Waals surface area contributed by atoms with Crippen LogP contribution in [0.15, 0.2) is 18.2 Å². The molecule has 0 radical (unpaired) electrons. The molecule has 110 valence electrons. The Balaban J connectivity index is 2.49. The molecule has 0 aliphatic heterocycles. The van der Waals surface area contributed by atoms with Crippen LogP contribution < -0.4 is 11.1 Å². The van der Waals surface area contributed by atoms with Crippen LogP contribution in [0.25, 0.3) is 0 Å². The molecule has 1 aromatic carbocycles. The van der Waals surface area contributed by atoms with Crippen LogP contribution in [0.2, 0.25) is 0 Å². The summed E-state index contributed by atoms with van der Waals surface area (Å²) in [7, 11) is 1.79. The van der Waals surface area contributed by atoms with Gasteiger partial charge in [-0.2, -0.15) is 5.10 Å². The van der Waals surface area contributed by atoms with Crippen molar-refractivity contribution in [3.63, 3.8) is 0 Å². The highest BCUT2D eigenvalue weighted by molar-refractivity contribution is 5.94. The number of nitrogens with zero attached hydrogens (tertiary/aromatic N) is 3. The highest BCUT2D eigenvalue weighted by atomic mass is 16.6. The summed E-state index contributed by atoms with van der Waals surface area (Å²) >= 11 is 0. The number of anilines is 2. The van der Waals surface area contributed by atoms with Gasteiger partial charge in [-0.25, -0.2) is 0 Å². The molecule has 0 saturated carbocycles. The largest absolute Gasteiger partial charge is 0.366 e. The van der Waals surface area contributed by atoms with Crippen LogP contribution in [0.1, 0.15) is 21.7 Å². The number of carbonyl (C=O) groups is 1. The van der Waals surface area contributed by atoms with Gasteiger partial charge in [0, 0.05) is 18.7 Å². The van der Waals surface area contributed by atoms with Crippen LogP contribution in [-0.4, -0.2) is 20.6 Å². The lowest BCUT2D eigenvalue weighted by molar-refractivity contribution is -0.383. The minimum absolute atomic E-state index is 0.0897. The maximum Gasteiger partial charge on any atom is 0.293 e. The van der Waals surface area contributed by atoms with E-state index < -0.39 is 10.8 Å². The number of amides is 1.